The molecule has 0 aromatic carbocycles. The van der Waals surface area contributed by atoms with Gasteiger partial charge >= 0.3 is 0 Å². The first-order chi connectivity index (χ1) is 7.08. The molecule has 1 N–H and O–H groups in total. The fraction of sp³-hybridized carbons (Fsp3) is 0.833. The summed E-state index contributed by atoms with van der Waals surface area (Å²) in [7, 11) is 0. The topological polar surface area (TPSA) is 46.2 Å². The minimum atomic E-state index is 0.142. The molecule has 1 aliphatic carbocycles. The summed E-state index contributed by atoms with van der Waals surface area (Å²) in [5.74, 6) is 1.42. The van der Waals surface area contributed by atoms with E-state index in [0.29, 0.717) is 36.9 Å². The van der Waals surface area contributed by atoms with Crippen molar-refractivity contribution in [2.24, 2.45) is 11.8 Å². The lowest BCUT2D eigenvalue weighted by atomic mass is 9.86. The average Bonchev–Trinajstić information content (AvgIpc) is 2.19. The molecule has 15 heavy (non-hydrogen) atoms. The van der Waals surface area contributed by atoms with Gasteiger partial charge in [0.25, 0.3) is 0 Å². The van der Waals surface area contributed by atoms with Gasteiger partial charge in [0, 0.05) is 25.8 Å². The number of carbonyl (C=O) groups is 2. The molecule has 86 valence electrons. The van der Waals surface area contributed by atoms with Gasteiger partial charge in [-0.3, -0.25) is 9.59 Å². The lowest BCUT2D eigenvalue weighted by Crippen LogP contribution is -2.30. The predicted molar refractivity (Wildman–Crippen MR) is 59.4 cm³/mol. The van der Waals surface area contributed by atoms with Gasteiger partial charge in [-0.2, -0.15) is 0 Å². The van der Waals surface area contributed by atoms with E-state index in [4.69, 9.17) is 0 Å². The first kappa shape index (κ1) is 12.2. The summed E-state index contributed by atoms with van der Waals surface area (Å²) in [5.41, 5.74) is 0. The van der Waals surface area contributed by atoms with Gasteiger partial charge in [0.1, 0.15) is 5.78 Å². The number of Topliss-reactive ketones (excluding diaryl/α,β-unsaturated/α-hetero) is 1. The van der Waals surface area contributed by atoms with Crippen LogP contribution in [0.1, 0.15) is 46.0 Å². The fourth-order valence-electron chi connectivity index (χ4n) is 1.86. The van der Waals surface area contributed by atoms with Gasteiger partial charge in [0.05, 0.1) is 0 Å². The van der Waals surface area contributed by atoms with Gasteiger partial charge in [-0.15, -0.1) is 0 Å². The molecule has 0 heterocycles. The zero-order valence-corrected chi connectivity index (χ0v) is 9.71. The van der Waals surface area contributed by atoms with Crippen LogP contribution < -0.4 is 5.32 Å². The van der Waals surface area contributed by atoms with Crippen molar-refractivity contribution in [1.29, 1.82) is 0 Å². The number of ketones is 1. The molecule has 1 aliphatic rings. The second kappa shape index (κ2) is 5.89. The number of nitrogens with one attached hydrogen (secondary N) is 1. The standard InChI is InChI=1S/C12H21NO2/c1-9(2)8-13-12(15)7-10-3-5-11(14)6-4-10/h9-10H,3-8H2,1-2H3,(H,13,15). The van der Waals surface area contributed by atoms with E-state index >= 15 is 0 Å². The first-order valence-electron chi connectivity index (χ1n) is 5.86. The molecule has 1 amide bonds. The fourth-order valence-corrected chi connectivity index (χ4v) is 1.86. The van der Waals surface area contributed by atoms with Gasteiger partial charge in [-0.1, -0.05) is 13.8 Å². The highest BCUT2D eigenvalue weighted by atomic mass is 16.1. The van der Waals surface area contributed by atoms with Crippen LogP contribution in [-0.2, 0) is 9.59 Å². The highest BCUT2D eigenvalue weighted by molar-refractivity contribution is 5.80. The molecular formula is C12H21NO2. The summed E-state index contributed by atoms with van der Waals surface area (Å²) in [6, 6.07) is 0. The number of amides is 1. The minimum absolute atomic E-state index is 0.142. The van der Waals surface area contributed by atoms with E-state index in [1.165, 1.54) is 0 Å². The predicted octanol–water partition coefficient (Wildman–Crippen LogP) is 1.91. The van der Waals surface area contributed by atoms with Crippen LogP contribution in [0.3, 0.4) is 0 Å². The van der Waals surface area contributed by atoms with Crippen molar-refractivity contribution in [3.63, 3.8) is 0 Å². The van der Waals surface area contributed by atoms with Gasteiger partial charge < -0.3 is 5.32 Å². The largest absolute Gasteiger partial charge is 0.356 e. The Morgan fingerprint density at radius 1 is 1.40 bits per heavy atom. The van der Waals surface area contributed by atoms with Crippen molar-refractivity contribution >= 4 is 11.7 Å². The number of carbonyl (C=O) groups excluding carboxylic acids is 2. The molecule has 0 unspecified atom stereocenters. The van der Waals surface area contributed by atoms with E-state index < -0.39 is 0 Å². The second-order valence-electron chi connectivity index (χ2n) is 4.88. The summed E-state index contributed by atoms with van der Waals surface area (Å²) in [6.45, 7) is 4.92. The second-order valence-corrected chi connectivity index (χ2v) is 4.88. The molecule has 0 spiro atoms. The first-order valence-corrected chi connectivity index (χ1v) is 5.86. The van der Waals surface area contributed by atoms with Crippen LogP contribution in [-0.4, -0.2) is 18.2 Å². The van der Waals surface area contributed by atoms with Crippen molar-refractivity contribution in [2.45, 2.75) is 46.0 Å². The average molecular weight is 211 g/mol. The summed E-state index contributed by atoms with van der Waals surface area (Å²) in [6.07, 6.45) is 3.73. The highest BCUT2D eigenvalue weighted by Gasteiger charge is 2.20. The Hall–Kier alpha value is -0.860. The van der Waals surface area contributed by atoms with Crippen molar-refractivity contribution in [3.8, 4) is 0 Å². The van der Waals surface area contributed by atoms with Crippen molar-refractivity contribution in [2.75, 3.05) is 6.54 Å². The van der Waals surface area contributed by atoms with Gasteiger partial charge in [0.15, 0.2) is 0 Å². The van der Waals surface area contributed by atoms with E-state index in [9.17, 15) is 9.59 Å². The van der Waals surface area contributed by atoms with Gasteiger partial charge in [-0.05, 0) is 24.7 Å². The van der Waals surface area contributed by atoms with Crippen molar-refractivity contribution in [1.82, 2.24) is 5.32 Å². The molecule has 1 rings (SSSR count). The summed E-state index contributed by atoms with van der Waals surface area (Å²) < 4.78 is 0. The Morgan fingerprint density at radius 2 is 2.00 bits per heavy atom. The lowest BCUT2D eigenvalue weighted by molar-refractivity contribution is -0.125. The Morgan fingerprint density at radius 3 is 2.53 bits per heavy atom. The number of hydrogen-bond donors (Lipinski definition) is 1. The summed E-state index contributed by atoms with van der Waals surface area (Å²) in [5, 5.41) is 2.92. The van der Waals surface area contributed by atoms with Crippen molar-refractivity contribution < 1.29 is 9.59 Å². The summed E-state index contributed by atoms with van der Waals surface area (Å²) in [4.78, 5) is 22.5. The molecule has 0 saturated heterocycles. The third-order valence-corrected chi connectivity index (χ3v) is 2.84. The third-order valence-electron chi connectivity index (χ3n) is 2.84. The third kappa shape index (κ3) is 4.96. The Labute approximate surface area is 91.6 Å². The molecule has 0 atom stereocenters. The monoisotopic (exact) mass is 211 g/mol. The lowest BCUT2D eigenvalue weighted by Gasteiger charge is -2.20. The van der Waals surface area contributed by atoms with E-state index in [1.54, 1.807) is 0 Å². The number of hydrogen-bond acceptors (Lipinski definition) is 2. The molecule has 0 radical (unpaired) electrons. The Balaban J connectivity index is 2.17. The van der Waals surface area contributed by atoms with Crippen LogP contribution in [0.25, 0.3) is 0 Å². The smallest absolute Gasteiger partial charge is 0.220 e. The quantitative estimate of drug-likeness (QED) is 0.772. The van der Waals surface area contributed by atoms with Crippen LogP contribution in [0.4, 0.5) is 0 Å². The van der Waals surface area contributed by atoms with Crippen LogP contribution in [0, 0.1) is 11.8 Å². The molecule has 1 saturated carbocycles. The molecule has 0 aromatic heterocycles. The zero-order chi connectivity index (χ0) is 11.3. The van der Waals surface area contributed by atoms with E-state index in [-0.39, 0.29) is 5.91 Å². The number of rotatable bonds is 4. The molecule has 0 aliphatic heterocycles. The van der Waals surface area contributed by atoms with Crippen LogP contribution in [0.15, 0.2) is 0 Å². The van der Waals surface area contributed by atoms with Crippen molar-refractivity contribution in [3.05, 3.63) is 0 Å². The maximum absolute atomic E-state index is 11.5. The molecule has 0 aromatic rings. The van der Waals surface area contributed by atoms with Crippen LogP contribution in [0.2, 0.25) is 0 Å². The molecule has 3 heteroatoms. The van der Waals surface area contributed by atoms with Crippen LogP contribution >= 0.6 is 0 Å². The zero-order valence-electron chi connectivity index (χ0n) is 9.71. The van der Waals surface area contributed by atoms with Crippen LogP contribution in [0.5, 0.6) is 0 Å². The molecule has 0 bridgehead atoms. The maximum Gasteiger partial charge on any atom is 0.220 e. The van der Waals surface area contributed by atoms with E-state index in [1.807, 2.05) is 0 Å². The molecule has 3 nitrogen and oxygen atoms in total. The SMILES string of the molecule is CC(C)CNC(=O)CC1CCC(=O)CC1. The maximum atomic E-state index is 11.5. The van der Waals surface area contributed by atoms with Gasteiger partial charge in [-0.25, -0.2) is 0 Å². The van der Waals surface area contributed by atoms with Gasteiger partial charge in [0.2, 0.25) is 5.91 Å². The minimum Gasteiger partial charge on any atom is -0.356 e. The van der Waals surface area contributed by atoms with E-state index in [0.717, 1.165) is 19.4 Å². The molecule has 1 fully saturated rings. The highest BCUT2D eigenvalue weighted by Crippen LogP contribution is 2.24. The Bertz CT molecular complexity index is 226. The molecular weight excluding hydrogens is 190 g/mol. The van der Waals surface area contributed by atoms with E-state index in [2.05, 4.69) is 19.2 Å². The normalized spacial score (nSPS) is 18.2. The Kier molecular flexibility index (Phi) is 4.79. The summed E-state index contributed by atoms with van der Waals surface area (Å²) >= 11 is 0.